The van der Waals surface area contributed by atoms with E-state index in [0.717, 1.165) is 24.3 Å². The van der Waals surface area contributed by atoms with E-state index in [1.54, 1.807) is 24.3 Å². The fourth-order valence-electron chi connectivity index (χ4n) is 4.89. The van der Waals surface area contributed by atoms with Crippen molar-refractivity contribution in [1.29, 1.82) is 0 Å². The number of likely N-dealkylation sites (N-methyl/N-ethyl adjacent to an activating group) is 2. The van der Waals surface area contributed by atoms with Crippen LogP contribution in [0.2, 0.25) is 0 Å². The molecule has 0 radical (unpaired) electrons. The Bertz CT molecular complexity index is 1570. The first-order valence-electron chi connectivity index (χ1n) is 12.8. The zero-order valence-corrected chi connectivity index (χ0v) is 22.6. The molecule has 0 aliphatic carbocycles. The van der Waals surface area contributed by atoms with Crippen molar-refractivity contribution in [3.05, 3.63) is 96.1 Å². The number of nitrogens with one attached hydrogen (secondary N) is 1. The molecule has 2 atom stereocenters. The average molecular weight is 600 g/mol. The highest BCUT2D eigenvalue weighted by Gasteiger charge is 2.47. The molecule has 3 heterocycles. The van der Waals surface area contributed by atoms with Crippen LogP contribution < -0.4 is 15.1 Å². The van der Waals surface area contributed by atoms with Crippen molar-refractivity contribution < 1.29 is 35.9 Å². The van der Waals surface area contributed by atoms with Crippen molar-refractivity contribution in [2.45, 2.75) is 24.4 Å². The molecule has 2 amide bonds. The predicted molar refractivity (Wildman–Crippen MR) is 147 cm³/mol. The highest BCUT2D eigenvalue weighted by atomic mass is 19.4. The molecule has 2 aromatic carbocycles. The Labute approximate surface area is 241 Å². The summed E-state index contributed by atoms with van der Waals surface area (Å²) in [6, 6.07) is 16.4. The molecule has 222 valence electrons. The first-order chi connectivity index (χ1) is 20.2. The molecule has 0 saturated carbocycles. The van der Waals surface area contributed by atoms with Gasteiger partial charge in [-0.15, -0.1) is 0 Å². The SMILES string of the molecule is CN(c1cccc(-c2cccc(C(F)(F)F)c2)n1)C1C(=O)NC(=O)C1N(C)c1cccc(-c2cccc(C(F)(F)F)c2)n1. The zero-order chi connectivity index (χ0) is 31.1. The summed E-state index contributed by atoms with van der Waals surface area (Å²) in [4.78, 5) is 37.8. The molecule has 1 aliphatic rings. The molecular formula is C30H23F6N5O2. The zero-order valence-electron chi connectivity index (χ0n) is 22.6. The first kappa shape index (κ1) is 29.5. The van der Waals surface area contributed by atoms with Crippen molar-refractivity contribution in [3.8, 4) is 22.5 Å². The molecule has 5 rings (SSSR count). The quantitative estimate of drug-likeness (QED) is 0.223. The summed E-state index contributed by atoms with van der Waals surface area (Å²) < 4.78 is 79.6. The number of benzene rings is 2. The maximum Gasteiger partial charge on any atom is 0.416 e. The van der Waals surface area contributed by atoms with Gasteiger partial charge >= 0.3 is 12.4 Å². The summed E-state index contributed by atoms with van der Waals surface area (Å²) >= 11 is 0. The number of aromatic nitrogens is 2. The van der Waals surface area contributed by atoms with E-state index in [1.165, 1.54) is 60.3 Å². The Kier molecular flexibility index (Phi) is 7.59. The smallest absolute Gasteiger partial charge is 0.345 e. The summed E-state index contributed by atoms with van der Waals surface area (Å²) in [7, 11) is 3.04. The van der Waals surface area contributed by atoms with Gasteiger partial charge in [-0.2, -0.15) is 26.3 Å². The van der Waals surface area contributed by atoms with Gasteiger partial charge in [-0.05, 0) is 48.5 Å². The Morgan fingerprint density at radius 2 is 0.977 bits per heavy atom. The highest BCUT2D eigenvalue weighted by molar-refractivity contribution is 6.11. The summed E-state index contributed by atoms with van der Waals surface area (Å²) in [5.74, 6) is -0.836. The Balaban J connectivity index is 1.45. The lowest BCUT2D eigenvalue weighted by Gasteiger charge is -2.33. The number of pyridine rings is 2. The van der Waals surface area contributed by atoms with Crippen molar-refractivity contribution in [3.63, 3.8) is 0 Å². The molecule has 7 nitrogen and oxygen atoms in total. The minimum absolute atomic E-state index is 0.210. The monoisotopic (exact) mass is 599 g/mol. The average Bonchev–Trinajstić information content (AvgIpc) is 3.28. The van der Waals surface area contributed by atoms with Crippen LogP contribution in [0, 0.1) is 0 Å². The molecule has 0 bridgehead atoms. The molecular weight excluding hydrogens is 576 g/mol. The van der Waals surface area contributed by atoms with Crippen LogP contribution in [0.3, 0.4) is 0 Å². The number of amides is 2. The van der Waals surface area contributed by atoms with Crippen LogP contribution in [-0.4, -0.2) is 48.0 Å². The third-order valence-electron chi connectivity index (χ3n) is 7.08. The summed E-state index contributed by atoms with van der Waals surface area (Å²) in [6.45, 7) is 0. The Morgan fingerprint density at radius 1 is 0.605 bits per heavy atom. The van der Waals surface area contributed by atoms with Gasteiger partial charge in [-0.25, -0.2) is 9.97 Å². The molecule has 2 unspecified atom stereocenters. The lowest BCUT2D eigenvalue weighted by Crippen LogP contribution is -2.52. The third kappa shape index (κ3) is 6.01. The van der Waals surface area contributed by atoms with E-state index in [0.29, 0.717) is 0 Å². The van der Waals surface area contributed by atoms with Crippen molar-refractivity contribution >= 4 is 23.5 Å². The second-order valence-electron chi connectivity index (χ2n) is 9.88. The predicted octanol–water partition coefficient (Wildman–Crippen LogP) is 5.81. The first-order valence-corrected chi connectivity index (χ1v) is 12.8. The third-order valence-corrected chi connectivity index (χ3v) is 7.08. The number of imide groups is 1. The van der Waals surface area contributed by atoms with Crippen LogP contribution in [0.25, 0.3) is 22.5 Å². The van der Waals surface area contributed by atoms with E-state index < -0.39 is 47.4 Å². The van der Waals surface area contributed by atoms with Crippen LogP contribution in [-0.2, 0) is 21.9 Å². The number of halogens is 6. The van der Waals surface area contributed by atoms with E-state index in [9.17, 15) is 35.9 Å². The highest BCUT2D eigenvalue weighted by Crippen LogP contribution is 2.34. The van der Waals surface area contributed by atoms with Gasteiger partial charge in [0.1, 0.15) is 23.7 Å². The molecule has 1 saturated heterocycles. The van der Waals surface area contributed by atoms with Crippen LogP contribution in [0.1, 0.15) is 11.1 Å². The molecule has 1 fully saturated rings. The topological polar surface area (TPSA) is 78.4 Å². The molecule has 43 heavy (non-hydrogen) atoms. The number of alkyl halides is 6. The van der Waals surface area contributed by atoms with Gasteiger partial charge in [0.2, 0.25) is 0 Å². The van der Waals surface area contributed by atoms with Crippen LogP contribution >= 0.6 is 0 Å². The van der Waals surface area contributed by atoms with Crippen LogP contribution in [0.15, 0.2) is 84.9 Å². The van der Waals surface area contributed by atoms with Crippen molar-refractivity contribution in [2.75, 3.05) is 23.9 Å². The fraction of sp³-hybridized carbons (Fsp3) is 0.200. The van der Waals surface area contributed by atoms with Gasteiger partial charge in [0.25, 0.3) is 11.8 Å². The van der Waals surface area contributed by atoms with Gasteiger partial charge in [0, 0.05) is 25.2 Å². The maximum absolute atomic E-state index is 13.3. The normalized spacial score (nSPS) is 17.1. The maximum atomic E-state index is 13.3. The van der Waals surface area contributed by atoms with E-state index in [1.807, 2.05) is 0 Å². The molecule has 13 heteroatoms. The summed E-state index contributed by atoms with van der Waals surface area (Å²) in [5, 5.41) is 2.29. The second kappa shape index (κ2) is 11.0. The van der Waals surface area contributed by atoms with E-state index in [2.05, 4.69) is 15.3 Å². The van der Waals surface area contributed by atoms with Crippen molar-refractivity contribution in [1.82, 2.24) is 15.3 Å². The van der Waals surface area contributed by atoms with Crippen molar-refractivity contribution in [2.24, 2.45) is 0 Å². The Morgan fingerprint density at radius 3 is 1.35 bits per heavy atom. The molecule has 1 aliphatic heterocycles. The number of hydrogen-bond acceptors (Lipinski definition) is 6. The number of carbonyl (C=O) groups excluding carboxylic acids is 2. The molecule has 2 aromatic heterocycles. The minimum atomic E-state index is -4.54. The number of hydrogen-bond donors (Lipinski definition) is 1. The number of rotatable bonds is 6. The fourth-order valence-corrected chi connectivity index (χ4v) is 4.89. The number of anilines is 2. The largest absolute Gasteiger partial charge is 0.416 e. The molecule has 1 N–H and O–H groups in total. The van der Waals surface area contributed by atoms with Crippen LogP contribution in [0.4, 0.5) is 38.0 Å². The second-order valence-corrected chi connectivity index (χ2v) is 9.88. The lowest BCUT2D eigenvalue weighted by molar-refractivity contribution is -0.138. The van der Waals surface area contributed by atoms with Gasteiger partial charge in [-0.3, -0.25) is 14.9 Å². The molecule has 0 spiro atoms. The van der Waals surface area contributed by atoms with Gasteiger partial charge < -0.3 is 9.80 Å². The van der Waals surface area contributed by atoms with E-state index in [4.69, 9.17) is 0 Å². The van der Waals surface area contributed by atoms with E-state index >= 15 is 0 Å². The standard InChI is InChI=1S/C30H23F6N5O2/c1-40(23-13-5-11-21(37-23)17-7-3-9-19(15-17)29(31,32)33)25-26(28(43)39-27(25)42)41(2)24-14-6-12-22(38-24)18-8-4-10-20(16-18)30(34,35)36/h3-16,25-26H,1-2H3,(H,39,42,43). The number of carbonyl (C=O) groups is 2. The van der Waals surface area contributed by atoms with Gasteiger partial charge in [0.15, 0.2) is 0 Å². The molecule has 4 aromatic rings. The number of nitrogens with zero attached hydrogens (tertiary/aromatic N) is 4. The minimum Gasteiger partial charge on any atom is -0.345 e. The van der Waals surface area contributed by atoms with Crippen LogP contribution in [0.5, 0.6) is 0 Å². The van der Waals surface area contributed by atoms with Gasteiger partial charge in [-0.1, -0.05) is 36.4 Å². The summed E-state index contributed by atoms with van der Waals surface area (Å²) in [5.41, 5.74) is -0.815. The van der Waals surface area contributed by atoms with Gasteiger partial charge in [0.05, 0.1) is 22.5 Å². The van der Waals surface area contributed by atoms with E-state index in [-0.39, 0.29) is 34.2 Å². The lowest BCUT2D eigenvalue weighted by atomic mass is 10.1. The Hall–Kier alpha value is -4.94. The summed E-state index contributed by atoms with van der Waals surface area (Å²) in [6.07, 6.45) is -9.09.